The number of hydrogen-bond acceptors (Lipinski definition) is 5. The predicted molar refractivity (Wildman–Crippen MR) is 93.9 cm³/mol. The van der Waals surface area contributed by atoms with E-state index >= 15 is 0 Å². The number of ether oxygens (including phenoxy) is 2. The van der Waals surface area contributed by atoms with E-state index in [9.17, 15) is 9.59 Å². The van der Waals surface area contributed by atoms with Crippen molar-refractivity contribution in [3.8, 4) is 11.5 Å². The summed E-state index contributed by atoms with van der Waals surface area (Å²) in [5.41, 5.74) is 0.584. The van der Waals surface area contributed by atoms with Gasteiger partial charge in [0.05, 0.1) is 26.5 Å². The van der Waals surface area contributed by atoms with Crippen molar-refractivity contribution in [3.63, 3.8) is 0 Å². The quantitative estimate of drug-likeness (QED) is 0.841. The fourth-order valence-corrected chi connectivity index (χ4v) is 3.70. The molecule has 0 spiro atoms. The van der Waals surface area contributed by atoms with Crippen molar-refractivity contribution in [3.05, 3.63) is 18.2 Å². The maximum absolute atomic E-state index is 12.6. The highest BCUT2D eigenvalue weighted by Gasteiger charge is 2.35. The number of nitrogens with one attached hydrogen (secondary N) is 2. The van der Waals surface area contributed by atoms with Gasteiger partial charge in [-0.15, -0.1) is 0 Å². The largest absolute Gasteiger partial charge is 0.497 e. The van der Waals surface area contributed by atoms with Gasteiger partial charge in [0.25, 0.3) is 0 Å². The first-order valence-electron chi connectivity index (χ1n) is 8.65. The molecule has 0 saturated carbocycles. The summed E-state index contributed by atoms with van der Waals surface area (Å²) in [7, 11) is 3.14. The first-order valence-corrected chi connectivity index (χ1v) is 8.65. The van der Waals surface area contributed by atoms with E-state index in [0.717, 1.165) is 19.3 Å². The molecule has 2 saturated heterocycles. The van der Waals surface area contributed by atoms with E-state index in [1.165, 1.54) is 0 Å². The standard InChI is InChI=1S/C18H25N3O4/c1-24-14-6-7-16(25-2)15(9-14)20-18(23)11-21-12-4-3-5-13(21)10-19-17(22)8-12/h6-7,9,12-13H,3-5,8,10-11H2,1-2H3,(H,19,22)(H,20,23). The molecule has 2 heterocycles. The summed E-state index contributed by atoms with van der Waals surface area (Å²) in [6.45, 7) is 0.885. The van der Waals surface area contributed by atoms with Gasteiger partial charge in [0.1, 0.15) is 11.5 Å². The van der Waals surface area contributed by atoms with Crippen molar-refractivity contribution < 1.29 is 19.1 Å². The van der Waals surface area contributed by atoms with Crippen molar-refractivity contribution in [2.24, 2.45) is 0 Å². The molecule has 2 N–H and O–H groups in total. The van der Waals surface area contributed by atoms with Gasteiger partial charge < -0.3 is 20.1 Å². The van der Waals surface area contributed by atoms with Crippen LogP contribution in [0.4, 0.5) is 5.69 Å². The molecule has 7 heteroatoms. The summed E-state index contributed by atoms with van der Waals surface area (Å²) in [5.74, 6) is 1.20. The van der Waals surface area contributed by atoms with Gasteiger partial charge in [-0.1, -0.05) is 6.42 Å². The Morgan fingerprint density at radius 1 is 1.28 bits per heavy atom. The zero-order chi connectivity index (χ0) is 17.8. The summed E-state index contributed by atoms with van der Waals surface area (Å²) in [5, 5.41) is 5.87. The highest BCUT2D eigenvalue weighted by Crippen LogP contribution is 2.30. The molecule has 136 valence electrons. The molecule has 1 aromatic rings. The summed E-state index contributed by atoms with van der Waals surface area (Å²) < 4.78 is 10.5. The molecule has 2 amide bonds. The SMILES string of the molecule is COc1ccc(OC)c(NC(=O)CN2C3CCCC2CC(=O)NC3)c1. The Bertz CT molecular complexity index is 649. The first-order chi connectivity index (χ1) is 12.1. The van der Waals surface area contributed by atoms with Gasteiger partial charge in [0.2, 0.25) is 11.8 Å². The number of amides is 2. The molecular formula is C18H25N3O4. The number of methoxy groups -OCH3 is 2. The number of rotatable bonds is 5. The predicted octanol–water partition coefficient (Wildman–Crippen LogP) is 1.39. The zero-order valence-corrected chi connectivity index (χ0v) is 14.7. The Balaban J connectivity index is 1.71. The molecule has 3 rings (SSSR count). The molecule has 2 fully saturated rings. The molecule has 1 aromatic carbocycles. The number of piperidine rings is 1. The summed E-state index contributed by atoms with van der Waals surface area (Å²) >= 11 is 0. The van der Waals surface area contributed by atoms with Crippen molar-refractivity contribution >= 4 is 17.5 Å². The minimum absolute atomic E-state index is 0.0780. The number of carbonyl (C=O) groups excluding carboxylic acids is 2. The smallest absolute Gasteiger partial charge is 0.238 e. The van der Waals surface area contributed by atoms with Crippen LogP contribution >= 0.6 is 0 Å². The molecule has 25 heavy (non-hydrogen) atoms. The van der Waals surface area contributed by atoms with Gasteiger partial charge in [-0.2, -0.15) is 0 Å². The topological polar surface area (TPSA) is 79.9 Å². The summed E-state index contributed by atoms with van der Waals surface area (Å²) in [6, 6.07) is 5.65. The Hall–Kier alpha value is -2.28. The van der Waals surface area contributed by atoms with Crippen LogP contribution in [0, 0.1) is 0 Å². The highest BCUT2D eigenvalue weighted by molar-refractivity contribution is 5.94. The average Bonchev–Trinajstić information content (AvgIpc) is 2.69. The van der Waals surface area contributed by atoms with Gasteiger partial charge in [0, 0.05) is 31.1 Å². The molecule has 0 radical (unpaired) electrons. The van der Waals surface area contributed by atoms with E-state index in [2.05, 4.69) is 15.5 Å². The highest BCUT2D eigenvalue weighted by atomic mass is 16.5. The van der Waals surface area contributed by atoms with E-state index < -0.39 is 0 Å². The van der Waals surface area contributed by atoms with Crippen LogP contribution < -0.4 is 20.1 Å². The van der Waals surface area contributed by atoms with Crippen molar-refractivity contribution in [2.45, 2.75) is 37.8 Å². The second-order valence-corrected chi connectivity index (χ2v) is 6.53. The van der Waals surface area contributed by atoms with Gasteiger partial charge in [-0.25, -0.2) is 0 Å². The van der Waals surface area contributed by atoms with Gasteiger partial charge in [0.15, 0.2) is 0 Å². The Labute approximate surface area is 147 Å². The lowest BCUT2D eigenvalue weighted by Gasteiger charge is -2.39. The average molecular weight is 347 g/mol. The van der Waals surface area contributed by atoms with Crippen molar-refractivity contribution in [1.29, 1.82) is 0 Å². The van der Waals surface area contributed by atoms with E-state index in [4.69, 9.17) is 9.47 Å². The third-order valence-electron chi connectivity index (χ3n) is 4.98. The normalized spacial score (nSPS) is 23.4. The molecule has 2 unspecified atom stereocenters. The number of carbonyl (C=O) groups is 2. The van der Waals surface area contributed by atoms with Crippen LogP contribution in [-0.2, 0) is 9.59 Å². The van der Waals surface area contributed by atoms with Crippen LogP contribution in [0.5, 0.6) is 11.5 Å². The number of benzene rings is 1. The molecule has 2 atom stereocenters. The minimum Gasteiger partial charge on any atom is -0.497 e. The summed E-state index contributed by atoms with van der Waals surface area (Å²) in [4.78, 5) is 26.6. The van der Waals surface area contributed by atoms with Crippen LogP contribution in [0.25, 0.3) is 0 Å². The van der Waals surface area contributed by atoms with Gasteiger partial charge in [-0.05, 0) is 25.0 Å². The zero-order valence-electron chi connectivity index (χ0n) is 14.7. The van der Waals surface area contributed by atoms with E-state index in [1.54, 1.807) is 32.4 Å². The number of fused-ring (bicyclic) bond motifs is 2. The molecule has 2 bridgehead atoms. The Kier molecular flexibility index (Phi) is 5.43. The van der Waals surface area contributed by atoms with Crippen LogP contribution in [0.3, 0.4) is 0 Å². The Morgan fingerprint density at radius 3 is 2.84 bits per heavy atom. The van der Waals surface area contributed by atoms with Crippen molar-refractivity contribution in [2.75, 3.05) is 32.6 Å². The fraction of sp³-hybridized carbons (Fsp3) is 0.556. The maximum atomic E-state index is 12.6. The maximum Gasteiger partial charge on any atom is 0.238 e. The van der Waals surface area contributed by atoms with Crippen LogP contribution in [0.2, 0.25) is 0 Å². The van der Waals surface area contributed by atoms with Gasteiger partial charge >= 0.3 is 0 Å². The first kappa shape index (κ1) is 17.5. The molecule has 0 aliphatic carbocycles. The van der Waals surface area contributed by atoms with E-state index in [0.29, 0.717) is 30.2 Å². The van der Waals surface area contributed by atoms with Crippen LogP contribution in [0.1, 0.15) is 25.7 Å². The number of anilines is 1. The summed E-state index contributed by atoms with van der Waals surface area (Å²) in [6.07, 6.45) is 3.53. The van der Waals surface area contributed by atoms with E-state index in [1.807, 2.05) is 0 Å². The second-order valence-electron chi connectivity index (χ2n) is 6.53. The molecular weight excluding hydrogens is 322 g/mol. The Morgan fingerprint density at radius 2 is 2.08 bits per heavy atom. The number of nitrogens with zero attached hydrogens (tertiary/aromatic N) is 1. The lowest BCUT2D eigenvalue weighted by molar-refractivity contribution is -0.122. The molecule has 7 nitrogen and oxygen atoms in total. The third kappa shape index (κ3) is 4.04. The molecule has 0 aromatic heterocycles. The minimum atomic E-state index is -0.113. The van der Waals surface area contributed by atoms with Gasteiger partial charge in [-0.3, -0.25) is 14.5 Å². The fourth-order valence-electron chi connectivity index (χ4n) is 3.70. The number of hydrogen-bond donors (Lipinski definition) is 2. The van der Waals surface area contributed by atoms with Crippen LogP contribution in [0.15, 0.2) is 18.2 Å². The van der Waals surface area contributed by atoms with E-state index in [-0.39, 0.29) is 30.4 Å². The monoisotopic (exact) mass is 347 g/mol. The second kappa shape index (κ2) is 7.74. The lowest BCUT2D eigenvalue weighted by atomic mass is 9.94. The van der Waals surface area contributed by atoms with Crippen LogP contribution in [-0.4, -0.2) is 56.1 Å². The molecule has 2 aliphatic rings. The lowest BCUT2D eigenvalue weighted by Crippen LogP contribution is -2.50. The van der Waals surface area contributed by atoms with Crippen molar-refractivity contribution in [1.82, 2.24) is 10.2 Å². The third-order valence-corrected chi connectivity index (χ3v) is 4.98. The molecule has 2 aliphatic heterocycles.